The van der Waals surface area contributed by atoms with Gasteiger partial charge in [0.2, 0.25) is 0 Å². The summed E-state index contributed by atoms with van der Waals surface area (Å²) in [7, 11) is 0. The zero-order valence-corrected chi connectivity index (χ0v) is 11.5. The fourth-order valence-corrected chi connectivity index (χ4v) is 2.50. The maximum atomic E-state index is 2.29. The first kappa shape index (κ1) is 14.1. The van der Waals surface area contributed by atoms with Gasteiger partial charge in [-0.25, -0.2) is 0 Å². The van der Waals surface area contributed by atoms with Crippen molar-refractivity contribution in [1.82, 2.24) is 0 Å². The molecule has 0 nitrogen and oxygen atoms in total. The molecule has 1 aliphatic rings. The van der Waals surface area contributed by atoms with E-state index in [1.54, 1.807) is 0 Å². The van der Waals surface area contributed by atoms with Gasteiger partial charge in [-0.3, -0.25) is 0 Å². The third-order valence-electron chi connectivity index (χ3n) is 3.91. The third kappa shape index (κ3) is 9.24. The normalized spacial score (nSPS) is 15.6. The summed E-state index contributed by atoms with van der Waals surface area (Å²) in [4.78, 5) is 0. The maximum Gasteiger partial charge on any atom is -0.0414 e. The van der Waals surface area contributed by atoms with Crippen LogP contribution in [0.5, 0.6) is 0 Å². The van der Waals surface area contributed by atoms with Crippen molar-refractivity contribution in [3.05, 3.63) is 0 Å². The summed E-state index contributed by atoms with van der Waals surface area (Å²) in [6.45, 7) is 2.29. The Morgan fingerprint density at radius 1 is 0.625 bits per heavy atom. The van der Waals surface area contributed by atoms with Gasteiger partial charge in [-0.15, -0.1) is 0 Å². The highest BCUT2D eigenvalue weighted by atomic mass is 14.3. The van der Waals surface area contributed by atoms with Crippen LogP contribution in [0.4, 0.5) is 0 Å². The topological polar surface area (TPSA) is 0 Å². The summed E-state index contributed by atoms with van der Waals surface area (Å²) in [6, 6.07) is 0. The molecule has 0 bridgehead atoms. The van der Waals surface area contributed by atoms with Crippen molar-refractivity contribution >= 4 is 0 Å². The summed E-state index contributed by atoms with van der Waals surface area (Å²) in [5.41, 5.74) is 0. The number of unbranched alkanes of at least 4 members (excludes halogenated alkanes) is 10. The second-order valence-electron chi connectivity index (χ2n) is 5.77. The van der Waals surface area contributed by atoms with Crippen molar-refractivity contribution in [1.29, 1.82) is 0 Å². The summed E-state index contributed by atoms with van der Waals surface area (Å²) in [5, 5.41) is 0. The SMILES string of the molecule is CCCCCCCCCCCCCC1CC1. The molecular formula is C16H32. The Labute approximate surface area is 103 Å². The van der Waals surface area contributed by atoms with Crippen molar-refractivity contribution in [2.24, 2.45) is 5.92 Å². The molecule has 0 aliphatic heterocycles. The molecule has 0 aromatic rings. The van der Waals surface area contributed by atoms with Crippen LogP contribution in [0, 0.1) is 5.92 Å². The molecule has 0 heterocycles. The lowest BCUT2D eigenvalue weighted by Gasteiger charge is -2.02. The zero-order valence-electron chi connectivity index (χ0n) is 11.5. The largest absolute Gasteiger partial charge is 0.0654 e. The molecular weight excluding hydrogens is 192 g/mol. The fraction of sp³-hybridized carbons (Fsp3) is 1.00. The van der Waals surface area contributed by atoms with Crippen molar-refractivity contribution in [3.8, 4) is 0 Å². The lowest BCUT2D eigenvalue weighted by atomic mass is 10.0. The molecule has 0 saturated heterocycles. The molecule has 16 heavy (non-hydrogen) atoms. The highest BCUT2D eigenvalue weighted by Crippen LogP contribution is 2.34. The van der Waals surface area contributed by atoms with Crippen LogP contribution in [0.25, 0.3) is 0 Å². The Morgan fingerprint density at radius 2 is 1.06 bits per heavy atom. The summed E-state index contributed by atoms with van der Waals surface area (Å²) in [5.74, 6) is 1.15. The van der Waals surface area contributed by atoms with E-state index in [2.05, 4.69) is 6.92 Å². The Kier molecular flexibility index (Phi) is 8.94. The molecule has 0 aromatic carbocycles. The van der Waals surface area contributed by atoms with E-state index >= 15 is 0 Å². The first-order valence-corrected chi connectivity index (χ1v) is 7.93. The van der Waals surface area contributed by atoms with Crippen LogP contribution in [0.2, 0.25) is 0 Å². The van der Waals surface area contributed by atoms with Crippen LogP contribution in [-0.4, -0.2) is 0 Å². The van der Waals surface area contributed by atoms with Gasteiger partial charge in [-0.2, -0.15) is 0 Å². The van der Waals surface area contributed by atoms with E-state index < -0.39 is 0 Å². The highest BCUT2D eigenvalue weighted by Gasteiger charge is 2.19. The van der Waals surface area contributed by atoms with E-state index in [-0.39, 0.29) is 0 Å². The van der Waals surface area contributed by atoms with E-state index in [1.165, 1.54) is 89.9 Å². The first-order valence-electron chi connectivity index (χ1n) is 7.93. The van der Waals surface area contributed by atoms with E-state index in [4.69, 9.17) is 0 Å². The molecule has 0 amide bonds. The van der Waals surface area contributed by atoms with Gasteiger partial charge in [0.15, 0.2) is 0 Å². The average Bonchev–Trinajstić information content (AvgIpc) is 3.10. The van der Waals surface area contributed by atoms with Crippen molar-refractivity contribution in [2.75, 3.05) is 0 Å². The summed E-state index contributed by atoms with van der Waals surface area (Å²) in [6.07, 6.45) is 20.9. The van der Waals surface area contributed by atoms with Crippen LogP contribution in [0.3, 0.4) is 0 Å². The fourth-order valence-electron chi connectivity index (χ4n) is 2.50. The van der Waals surface area contributed by atoms with E-state index in [0.29, 0.717) is 0 Å². The second-order valence-corrected chi connectivity index (χ2v) is 5.77. The number of hydrogen-bond acceptors (Lipinski definition) is 0. The van der Waals surface area contributed by atoms with Gasteiger partial charge in [0.25, 0.3) is 0 Å². The van der Waals surface area contributed by atoms with Crippen LogP contribution in [-0.2, 0) is 0 Å². The van der Waals surface area contributed by atoms with E-state index in [0.717, 1.165) is 5.92 Å². The van der Waals surface area contributed by atoms with Crippen molar-refractivity contribution in [2.45, 2.75) is 96.8 Å². The highest BCUT2D eigenvalue weighted by molar-refractivity contribution is 4.72. The molecule has 0 N–H and O–H groups in total. The number of rotatable bonds is 12. The molecule has 1 rings (SSSR count). The minimum Gasteiger partial charge on any atom is -0.0654 e. The minimum absolute atomic E-state index is 1.15. The number of hydrogen-bond donors (Lipinski definition) is 0. The lowest BCUT2D eigenvalue weighted by Crippen LogP contribution is -1.83. The Bertz CT molecular complexity index is 135. The van der Waals surface area contributed by atoms with Crippen LogP contribution in [0.1, 0.15) is 96.8 Å². The smallest absolute Gasteiger partial charge is 0.0414 e. The molecule has 1 saturated carbocycles. The van der Waals surface area contributed by atoms with Crippen molar-refractivity contribution < 1.29 is 0 Å². The van der Waals surface area contributed by atoms with Crippen LogP contribution >= 0.6 is 0 Å². The Hall–Kier alpha value is 0. The Morgan fingerprint density at radius 3 is 1.50 bits per heavy atom. The van der Waals surface area contributed by atoms with Crippen LogP contribution < -0.4 is 0 Å². The van der Waals surface area contributed by atoms with Gasteiger partial charge in [0.1, 0.15) is 0 Å². The molecule has 0 atom stereocenters. The first-order chi connectivity index (χ1) is 7.93. The predicted octanol–water partition coefficient (Wildman–Crippen LogP) is 6.10. The molecule has 0 heteroatoms. The maximum absolute atomic E-state index is 2.29. The molecule has 0 unspecified atom stereocenters. The third-order valence-corrected chi connectivity index (χ3v) is 3.91. The molecule has 0 spiro atoms. The van der Waals surface area contributed by atoms with Gasteiger partial charge < -0.3 is 0 Å². The van der Waals surface area contributed by atoms with Crippen LogP contribution in [0.15, 0.2) is 0 Å². The predicted molar refractivity (Wildman–Crippen MR) is 73.8 cm³/mol. The van der Waals surface area contributed by atoms with Crippen molar-refractivity contribution in [3.63, 3.8) is 0 Å². The summed E-state index contributed by atoms with van der Waals surface area (Å²) >= 11 is 0. The van der Waals surface area contributed by atoms with Gasteiger partial charge >= 0.3 is 0 Å². The monoisotopic (exact) mass is 224 g/mol. The molecule has 96 valence electrons. The average molecular weight is 224 g/mol. The van der Waals surface area contributed by atoms with E-state index in [9.17, 15) is 0 Å². The molecule has 1 aliphatic carbocycles. The summed E-state index contributed by atoms with van der Waals surface area (Å²) < 4.78 is 0. The van der Waals surface area contributed by atoms with Gasteiger partial charge in [-0.1, -0.05) is 96.8 Å². The van der Waals surface area contributed by atoms with Gasteiger partial charge in [0, 0.05) is 0 Å². The van der Waals surface area contributed by atoms with Gasteiger partial charge in [0.05, 0.1) is 0 Å². The Balaban J connectivity index is 1.61. The molecule has 0 radical (unpaired) electrons. The molecule has 1 fully saturated rings. The standard InChI is InChI=1S/C16H32/c1-2-3-4-5-6-7-8-9-10-11-12-13-16-14-15-16/h16H,2-15H2,1H3. The minimum atomic E-state index is 1.15. The lowest BCUT2D eigenvalue weighted by molar-refractivity contribution is 0.536. The zero-order chi connectivity index (χ0) is 11.5. The van der Waals surface area contributed by atoms with Gasteiger partial charge in [-0.05, 0) is 5.92 Å². The second kappa shape index (κ2) is 10.2. The van der Waals surface area contributed by atoms with E-state index in [1.807, 2.05) is 0 Å². The molecule has 0 aromatic heterocycles. The quantitative estimate of drug-likeness (QED) is 0.351.